The van der Waals surface area contributed by atoms with E-state index in [0.29, 0.717) is 12.1 Å². The van der Waals surface area contributed by atoms with Crippen molar-refractivity contribution >= 4 is 27.7 Å². The van der Waals surface area contributed by atoms with E-state index in [4.69, 9.17) is 10.2 Å². The van der Waals surface area contributed by atoms with Crippen LogP contribution in [0.5, 0.6) is 0 Å². The molecular formula is C19H15N2O2. The first-order valence-corrected chi connectivity index (χ1v) is 7.40. The summed E-state index contributed by atoms with van der Waals surface area (Å²) >= 11 is 0. The quantitative estimate of drug-likeness (QED) is 0.628. The molecule has 0 aliphatic rings. The van der Waals surface area contributed by atoms with Crippen LogP contribution < -0.4 is 5.73 Å². The van der Waals surface area contributed by atoms with Crippen molar-refractivity contribution in [1.29, 1.82) is 0 Å². The smallest absolute Gasteiger partial charge is 0.249 e. The third kappa shape index (κ3) is 2.11. The van der Waals surface area contributed by atoms with E-state index in [1.165, 1.54) is 0 Å². The molecule has 1 radical (unpaired) electrons. The van der Waals surface area contributed by atoms with Crippen LogP contribution in [0, 0.1) is 13.0 Å². The molecule has 4 aromatic rings. The number of nitrogens with two attached hydrogens (primary N) is 1. The van der Waals surface area contributed by atoms with Crippen LogP contribution in [0.1, 0.15) is 21.7 Å². The van der Waals surface area contributed by atoms with Gasteiger partial charge in [-0.2, -0.15) is 0 Å². The molecule has 2 heterocycles. The summed E-state index contributed by atoms with van der Waals surface area (Å²) in [6, 6.07) is 16.7. The summed E-state index contributed by atoms with van der Waals surface area (Å²) in [5.41, 5.74) is 9.17. The summed E-state index contributed by atoms with van der Waals surface area (Å²) < 4.78 is 7.63. The number of benzene rings is 2. The Morgan fingerprint density at radius 3 is 2.87 bits per heavy atom. The maximum Gasteiger partial charge on any atom is 0.249 e. The Labute approximate surface area is 133 Å². The first-order chi connectivity index (χ1) is 11.1. The number of nitrogens with zero attached hydrogens (tertiary/aromatic N) is 1. The second-order valence-electron chi connectivity index (χ2n) is 5.67. The molecule has 2 N–H and O–H groups in total. The van der Waals surface area contributed by atoms with E-state index in [2.05, 4.69) is 16.7 Å². The van der Waals surface area contributed by atoms with E-state index in [1.54, 1.807) is 12.3 Å². The van der Waals surface area contributed by atoms with E-state index in [0.717, 1.165) is 33.1 Å². The van der Waals surface area contributed by atoms with Crippen LogP contribution in [0.15, 0.2) is 53.1 Å². The minimum atomic E-state index is -0.429. The molecule has 4 nitrogen and oxygen atoms in total. The minimum Gasteiger partial charge on any atom is -0.467 e. The van der Waals surface area contributed by atoms with Gasteiger partial charge in [0, 0.05) is 16.3 Å². The monoisotopic (exact) mass is 303 g/mol. The molecule has 2 aromatic carbocycles. The highest BCUT2D eigenvalue weighted by Gasteiger charge is 2.17. The van der Waals surface area contributed by atoms with Gasteiger partial charge in [-0.05, 0) is 48.9 Å². The van der Waals surface area contributed by atoms with E-state index >= 15 is 0 Å². The third-order valence-electron chi connectivity index (χ3n) is 4.10. The lowest BCUT2D eigenvalue weighted by atomic mass is 10.1. The summed E-state index contributed by atoms with van der Waals surface area (Å²) in [5, 5.41) is 1.76. The van der Waals surface area contributed by atoms with Crippen LogP contribution in [0.2, 0.25) is 0 Å². The Kier molecular flexibility index (Phi) is 2.98. The molecular weight excluding hydrogens is 288 g/mol. The molecule has 23 heavy (non-hydrogen) atoms. The fourth-order valence-corrected chi connectivity index (χ4v) is 3.09. The number of carbonyl (C=O) groups is 1. The molecule has 2 aromatic heterocycles. The normalized spacial score (nSPS) is 11.3. The van der Waals surface area contributed by atoms with Crippen molar-refractivity contribution in [2.24, 2.45) is 5.73 Å². The fourth-order valence-electron chi connectivity index (χ4n) is 3.09. The molecule has 0 atom stereocenters. The molecule has 113 valence electrons. The topological polar surface area (TPSA) is 61.2 Å². The molecule has 0 saturated carbocycles. The summed E-state index contributed by atoms with van der Waals surface area (Å²) in [6.45, 7) is 2.62. The van der Waals surface area contributed by atoms with Gasteiger partial charge in [0.1, 0.15) is 5.76 Å². The number of aromatic nitrogens is 1. The van der Waals surface area contributed by atoms with Gasteiger partial charge in [-0.25, -0.2) is 0 Å². The lowest BCUT2D eigenvalue weighted by molar-refractivity contribution is 0.100. The van der Waals surface area contributed by atoms with E-state index in [1.807, 2.05) is 37.3 Å². The van der Waals surface area contributed by atoms with Crippen molar-refractivity contribution in [3.8, 4) is 0 Å². The maximum atomic E-state index is 11.8. The number of hydrogen-bond acceptors (Lipinski definition) is 2. The molecule has 1 amide bonds. The number of fused-ring (bicyclic) bond motifs is 3. The molecule has 0 fully saturated rings. The number of amides is 1. The number of carbonyl (C=O) groups excluding carboxylic acids is 1. The highest BCUT2D eigenvalue weighted by molar-refractivity contribution is 6.17. The summed E-state index contributed by atoms with van der Waals surface area (Å²) in [7, 11) is 0. The van der Waals surface area contributed by atoms with E-state index in [9.17, 15) is 4.79 Å². The van der Waals surface area contributed by atoms with Crippen LogP contribution in [0.25, 0.3) is 21.8 Å². The van der Waals surface area contributed by atoms with Gasteiger partial charge < -0.3 is 14.7 Å². The van der Waals surface area contributed by atoms with Crippen LogP contribution in [-0.2, 0) is 6.54 Å². The molecule has 0 unspecified atom stereocenters. The largest absolute Gasteiger partial charge is 0.467 e. The Bertz CT molecular complexity index is 1030. The van der Waals surface area contributed by atoms with Crippen LogP contribution in [0.3, 0.4) is 0 Å². The Hall–Kier alpha value is -3.01. The minimum absolute atomic E-state index is 0.429. The average molecular weight is 303 g/mol. The van der Waals surface area contributed by atoms with Gasteiger partial charge in [0.2, 0.25) is 5.91 Å². The molecule has 0 spiro atoms. The van der Waals surface area contributed by atoms with Gasteiger partial charge in [-0.15, -0.1) is 0 Å². The van der Waals surface area contributed by atoms with E-state index in [-0.39, 0.29) is 0 Å². The average Bonchev–Trinajstić information content (AvgIpc) is 3.14. The molecule has 0 aliphatic heterocycles. The van der Waals surface area contributed by atoms with Gasteiger partial charge in [0.05, 0.1) is 23.8 Å². The first kappa shape index (κ1) is 13.6. The van der Waals surface area contributed by atoms with Crippen LogP contribution >= 0.6 is 0 Å². The lowest BCUT2D eigenvalue weighted by Gasteiger charge is -2.06. The molecule has 4 heteroatoms. The summed E-state index contributed by atoms with van der Waals surface area (Å²) in [5.74, 6) is 0.427. The number of aryl methyl sites for hydroxylation is 1. The zero-order valence-electron chi connectivity index (χ0n) is 12.7. The number of furan rings is 1. The highest BCUT2D eigenvalue weighted by atomic mass is 16.3. The highest BCUT2D eigenvalue weighted by Crippen LogP contribution is 2.32. The number of hydrogen-bond donors (Lipinski definition) is 1. The Morgan fingerprint density at radius 2 is 2.13 bits per heavy atom. The fraction of sp³-hybridized carbons (Fsp3) is 0.105. The maximum absolute atomic E-state index is 11.8. The number of primary amides is 1. The Balaban J connectivity index is 2.11. The zero-order chi connectivity index (χ0) is 16.0. The van der Waals surface area contributed by atoms with Gasteiger partial charge >= 0.3 is 0 Å². The molecule has 0 saturated heterocycles. The second kappa shape index (κ2) is 5.02. The molecule has 0 aliphatic carbocycles. The van der Waals surface area contributed by atoms with Gasteiger partial charge in [0.25, 0.3) is 0 Å². The lowest BCUT2D eigenvalue weighted by Crippen LogP contribution is -2.11. The summed E-state index contributed by atoms with van der Waals surface area (Å²) in [4.78, 5) is 11.8. The van der Waals surface area contributed by atoms with Gasteiger partial charge in [0.15, 0.2) is 0 Å². The van der Waals surface area contributed by atoms with Gasteiger partial charge in [-0.1, -0.05) is 12.1 Å². The van der Waals surface area contributed by atoms with E-state index < -0.39 is 5.91 Å². The number of rotatable bonds is 3. The zero-order valence-corrected chi connectivity index (χ0v) is 12.7. The van der Waals surface area contributed by atoms with Gasteiger partial charge in [-0.3, -0.25) is 4.79 Å². The predicted molar refractivity (Wildman–Crippen MR) is 89.3 cm³/mol. The second-order valence-corrected chi connectivity index (χ2v) is 5.67. The van der Waals surface area contributed by atoms with Crippen LogP contribution in [-0.4, -0.2) is 10.5 Å². The Morgan fingerprint density at radius 1 is 1.26 bits per heavy atom. The van der Waals surface area contributed by atoms with Crippen molar-refractivity contribution in [2.45, 2.75) is 13.5 Å². The SMILES string of the molecule is Cc1c[c]c2c3c(C(N)=O)cccc3n(Cc3ccco3)c2c1. The third-order valence-corrected chi connectivity index (χ3v) is 4.10. The predicted octanol–water partition coefficient (Wildman–Crippen LogP) is 3.64. The molecule has 4 rings (SSSR count). The van der Waals surface area contributed by atoms with Crippen molar-refractivity contribution in [2.75, 3.05) is 0 Å². The molecule has 0 bridgehead atoms. The standard InChI is InChI=1S/C19H15N2O2/c1-12-7-8-14-17(10-12)21(11-13-4-3-9-23-13)16-6-2-5-15(18(14)16)19(20)22/h2-7,9-10H,11H2,1H3,(H2,20,22). The van der Waals surface area contributed by atoms with Crippen molar-refractivity contribution in [3.05, 3.63) is 71.7 Å². The van der Waals surface area contributed by atoms with Crippen LogP contribution in [0.4, 0.5) is 0 Å². The van der Waals surface area contributed by atoms with Crippen molar-refractivity contribution < 1.29 is 9.21 Å². The first-order valence-electron chi connectivity index (χ1n) is 7.40. The summed E-state index contributed by atoms with van der Waals surface area (Å²) in [6.07, 6.45) is 1.66. The van der Waals surface area contributed by atoms with Crippen molar-refractivity contribution in [3.63, 3.8) is 0 Å². The van der Waals surface area contributed by atoms with Crippen molar-refractivity contribution in [1.82, 2.24) is 4.57 Å².